The molecule has 0 radical (unpaired) electrons. The van der Waals surface area contributed by atoms with E-state index in [1.165, 1.54) is 7.11 Å². The number of esters is 1. The van der Waals surface area contributed by atoms with E-state index in [2.05, 4.69) is 20.9 Å². The SMILES string of the molecule is COC(=O)[C@H]1CCCN1c1ccc(Br)cn1. The summed E-state index contributed by atoms with van der Waals surface area (Å²) >= 11 is 3.34. The van der Waals surface area contributed by atoms with Crippen molar-refractivity contribution in [1.29, 1.82) is 0 Å². The third-order valence-corrected chi connectivity index (χ3v) is 3.20. The number of rotatable bonds is 2. The molecule has 2 heterocycles. The Morgan fingerprint density at radius 3 is 3.06 bits per heavy atom. The Labute approximate surface area is 103 Å². The van der Waals surface area contributed by atoms with Gasteiger partial charge in [-0.2, -0.15) is 0 Å². The lowest BCUT2D eigenvalue weighted by Crippen LogP contribution is -2.37. The lowest BCUT2D eigenvalue weighted by Gasteiger charge is -2.23. The number of hydrogen-bond acceptors (Lipinski definition) is 4. The zero-order chi connectivity index (χ0) is 11.5. The summed E-state index contributed by atoms with van der Waals surface area (Å²) < 4.78 is 5.73. The van der Waals surface area contributed by atoms with Crippen molar-refractivity contribution in [2.75, 3.05) is 18.6 Å². The summed E-state index contributed by atoms with van der Waals surface area (Å²) in [5, 5.41) is 0. The second-order valence-electron chi connectivity index (χ2n) is 3.71. The van der Waals surface area contributed by atoms with Crippen molar-refractivity contribution >= 4 is 27.7 Å². The Kier molecular flexibility index (Phi) is 3.43. The normalized spacial score (nSPS) is 19.9. The van der Waals surface area contributed by atoms with Crippen molar-refractivity contribution in [3.05, 3.63) is 22.8 Å². The number of halogens is 1. The molecule has 0 unspecified atom stereocenters. The Morgan fingerprint density at radius 2 is 2.44 bits per heavy atom. The molecule has 0 aromatic carbocycles. The highest BCUT2D eigenvalue weighted by Gasteiger charge is 2.32. The first-order valence-corrected chi connectivity index (χ1v) is 5.97. The van der Waals surface area contributed by atoms with Gasteiger partial charge in [0.25, 0.3) is 0 Å². The minimum Gasteiger partial charge on any atom is -0.467 e. The number of carbonyl (C=O) groups excluding carboxylic acids is 1. The van der Waals surface area contributed by atoms with Gasteiger partial charge in [0.1, 0.15) is 11.9 Å². The average Bonchev–Trinajstić information content (AvgIpc) is 2.78. The molecule has 1 aromatic rings. The molecule has 0 aliphatic carbocycles. The van der Waals surface area contributed by atoms with Crippen molar-refractivity contribution in [2.24, 2.45) is 0 Å². The van der Waals surface area contributed by atoms with Crippen LogP contribution >= 0.6 is 15.9 Å². The van der Waals surface area contributed by atoms with E-state index in [9.17, 15) is 4.79 Å². The van der Waals surface area contributed by atoms with Crippen LogP contribution < -0.4 is 4.90 Å². The maximum absolute atomic E-state index is 11.6. The van der Waals surface area contributed by atoms with Gasteiger partial charge in [0, 0.05) is 17.2 Å². The molecule has 86 valence electrons. The van der Waals surface area contributed by atoms with Crippen LogP contribution in [0.3, 0.4) is 0 Å². The zero-order valence-corrected chi connectivity index (χ0v) is 10.6. The van der Waals surface area contributed by atoms with E-state index in [1.807, 2.05) is 17.0 Å². The summed E-state index contributed by atoms with van der Waals surface area (Å²) in [5.74, 6) is 0.651. The molecule has 0 N–H and O–H groups in total. The quantitative estimate of drug-likeness (QED) is 0.779. The van der Waals surface area contributed by atoms with Gasteiger partial charge in [-0.25, -0.2) is 9.78 Å². The van der Waals surface area contributed by atoms with Crippen LogP contribution in [0.4, 0.5) is 5.82 Å². The van der Waals surface area contributed by atoms with E-state index in [0.29, 0.717) is 0 Å². The minimum atomic E-state index is -0.182. The second kappa shape index (κ2) is 4.82. The smallest absolute Gasteiger partial charge is 0.328 e. The van der Waals surface area contributed by atoms with Gasteiger partial charge in [-0.1, -0.05) is 0 Å². The van der Waals surface area contributed by atoms with Crippen molar-refractivity contribution in [3.8, 4) is 0 Å². The monoisotopic (exact) mass is 284 g/mol. The van der Waals surface area contributed by atoms with Gasteiger partial charge in [0.15, 0.2) is 0 Å². The standard InChI is InChI=1S/C11H13BrN2O2/c1-16-11(15)9-3-2-6-14(9)10-5-4-8(12)7-13-10/h4-5,7,9H,2-3,6H2,1H3/t9-/m1/s1. The Balaban J connectivity index is 2.19. The summed E-state index contributed by atoms with van der Waals surface area (Å²) in [6.45, 7) is 0.856. The molecule has 4 nitrogen and oxygen atoms in total. The predicted octanol–water partition coefficient (Wildman–Crippen LogP) is 1.99. The molecule has 1 saturated heterocycles. The molecular weight excluding hydrogens is 272 g/mol. The van der Waals surface area contributed by atoms with E-state index in [-0.39, 0.29) is 12.0 Å². The number of hydrogen-bond donors (Lipinski definition) is 0. The highest BCUT2D eigenvalue weighted by molar-refractivity contribution is 9.10. The third-order valence-electron chi connectivity index (χ3n) is 2.73. The maximum Gasteiger partial charge on any atom is 0.328 e. The first kappa shape index (κ1) is 11.4. The van der Waals surface area contributed by atoms with Crippen molar-refractivity contribution in [1.82, 2.24) is 4.98 Å². The molecule has 1 aliphatic heterocycles. The Bertz CT molecular complexity index is 380. The van der Waals surface area contributed by atoms with Gasteiger partial charge >= 0.3 is 5.97 Å². The van der Waals surface area contributed by atoms with Crippen LogP contribution in [0.15, 0.2) is 22.8 Å². The van der Waals surface area contributed by atoms with Crippen molar-refractivity contribution in [2.45, 2.75) is 18.9 Å². The molecule has 0 saturated carbocycles. The van der Waals surface area contributed by atoms with Crippen LogP contribution in [0.1, 0.15) is 12.8 Å². The summed E-state index contributed by atoms with van der Waals surface area (Å²) in [4.78, 5) is 17.9. The molecule has 0 spiro atoms. The maximum atomic E-state index is 11.6. The molecule has 1 aliphatic rings. The van der Waals surface area contributed by atoms with E-state index in [1.54, 1.807) is 6.20 Å². The highest BCUT2D eigenvalue weighted by Crippen LogP contribution is 2.25. The average molecular weight is 285 g/mol. The van der Waals surface area contributed by atoms with Gasteiger partial charge in [-0.15, -0.1) is 0 Å². The van der Waals surface area contributed by atoms with Crippen LogP contribution in [0.5, 0.6) is 0 Å². The topological polar surface area (TPSA) is 42.4 Å². The number of anilines is 1. The van der Waals surface area contributed by atoms with Gasteiger partial charge < -0.3 is 9.64 Å². The molecule has 1 atom stereocenters. The second-order valence-corrected chi connectivity index (χ2v) is 4.62. The van der Waals surface area contributed by atoms with Crippen molar-refractivity contribution in [3.63, 3.8) is 0 Å². The number of aromatic nitrogens is 1. The lowest BCUT2D eigenvalue weighted by atomic mass is 10.2. The Hall–Kier alpha value is -1.10. The van der Waals surface area contributed by atoms with Crippen LogP contribution in [-0.4, -0.2) is 30.6 Å². The number of nitrogens with zero attached hydrogens (tertiary/aromatic N) is 2. The van der Waals surface area contributed by atoms with Crippen LogP contribution in [0.25, 0.3) is 0 Å². The number of ether oxygens (including phenoxy) is 1. The lowest BCUT2D eigenvalue weighted by molar-refractivity contribution is -0.141. The summed E-state index contributed by atoms with van der Waals surface area (Å²) in [7, 11) is 1.42. The van der Waals surface area contributed by atoms with E-state index < -0.39 is 0 Å². The molecule has 16 heavy (non-hydrogen) atoms. The fourth-order valence-electron chi connectivity index (χ4n) is 1.96. The fraction of sp³-hybridized carbons (Fsp3) is 0.455. The number of pyridine rings is 1. The molecule has 1 fully saturated rings. The largest absolute Gasteiger partial charge is 0.467 e. The van der Waals surface area contributed by atoms with Crippen LogP contribution in [-0.2, 0) is 9.53 Å². The molecule has 5 heteroatoms. The van der Waals surface area contributed by atoms with E-state index >= 15 is 0 Å². The molecule has 0 bridgehead atoms. The molecule has 1 aromatic heterocycles. The summed E-state index contributed by atoms with van der Waals surface area (Å²) in [5.41, 5.74) is 0. The van der Waals surface area contributed by atoms with Crippen LogP contribution in [0.2, 0.25) is 0 Å². The van der Waals surface area contributed by atoms with Crippen molar-refractivity contribution < 1.29 is 9.53 Å². The summed E-state index contributed by atoms with van der Waals surface area (Å²) in [6, 6.07) is 3.65. The number of carbonyl (C=O) groups is 1. The van der Waals surface area contributed by atoms with E-state index in [4.69, 9.17) is 4.74 Å². The Morgan fingerprint density at radius 1 is 1.62 bits per heavy atom. The molecule has 0 amide bonds. The zero-order valence-electron chi connectivity index (χ0n) is 9.02. The minimum absolute atomic E-state index is 0.179. The first-order valence-electron chi connectivity index (χ1n) is 5.18. The van der Waals surface area contributed by atoms with Gasteiger partial charge in [0.05, 0.1) is 7.11 Å². The predicted molar refractivity (Wildman–Crippen MR) is 64.3 cm³/mol. The summed E-state index contributed by atoms with van der Waals surface area (Å²) in [6.07, 6.45) is 3.57. The van der Waals surface area contributed by atoms with Gasteiger partial charge in [-0.3, -0.25) is 0 Å². The highest BCUT2D eigenvalue weighted by atomic mass is 79.9. The van der Waals surface area contributed by atoms with E-state index in [0.717, 1.165) is 29.7 Å². The first-order chi connectivity index (χ1) is 7.72. The van der Waals surface area contributed by atoms with Gasteiger partial charge in [-0.05, 0) is 40.9 Å². The molecular formula is C11H13BrN2O2. The van der Waals surface area contributed by atoms with Crippen LogP contribution in [0, 0.1) is 0 Å². The molecule has 2 rings (SSSR count). The fourth-order valence-corrected chi connectivity index (χ4v) is 2.19. The number of methoxy groups -OCH3 is 1. The van der Waals surface area contributed by atoms with Gasteiger partial charge in [0.2, 0.25) is 0 Å². The third kappa shape index (κ3) is 2.19.